The van der Waals surface area contributed by atoms with Gasteiger partial charge in [-0.3, -0.25) is 4.79 Å². The van der Waals surface area contributed by atoms with Crippen LogP contribution in [0.3, 0.4) is 0 Å². The summed E-state index contributed by atoms with van der Waals surface area (Å²) in [5.74, 6) is -2.37. The molecule has 0 fully saturated rings. The monoisotopic (exact) mass is 600 g/mol. The molecule has 0 aliphatic rings. The maximum Gasteiger partial charge on any atom is 0.326 e. The van der Waals surface area contributed by atoms with Crippen molar-refractivity contribution >= 4 is 33.1 Å². The van der Waals surface area contributed by atoms with Gasteiger partial charge in [0.1, 0.15) is 45.1 Å². The smallest absolute Gasteiger partial charge is 0.326 e. The number of ether oxygens (including phenoxy) is 1. The fraction of sp³-hybridized carbons (Fsp3) is 0.286. The third kappa shape index (κ3) is 8.69. The molecule has 0 radical (unpaired) electrons. The van der Waals surface area contributed by atoms with Crippen molar-refractivity contribution in [2.24, 2.45) is 0 Å². The number of carboxylic acid groups (broad SMARTS) is 1. The van der Waals surface area contributed by atoms with E-state index in [9.17, 15) is 27.5 Å². The number of sulfone groups is 1. The van der Waals surface area contributed by atoms with E-state index in [1.165, 1.54) is 29.5 Å². The van der Waals surface area contributed by atoms with Gasteiger partial charge in [-0.1, -0.05) is 18.2 Å². The van der Waals surface area contributed by atoms with Gasteiger partial charge in [0.25, 0.3) is 5.91 Å². The molecule has 4 rings (SSSR count). The van der Waals surface area contributed by atoms with Crippen molar-refractivity contribution in [2.45, 2.75) is 31.3 Å². The molecule has 10 nitrogen and oxygen atoms in total. The molecular weight excluding hydrogens is 571 g/mol. The SMILES string of the molecule is CS(=O)(=O)CC[C@H](NC(=O)c1cc(OCC(c2nccs2)n2ccnc2)ccc1CCc1ccc(F)cc1)C(=O)O. The third-order valence-electron chi connectivity index (χ3n) is 6.33. The molecule has 0 bridgehead atoms. The molecule has 1 amide bonds. The van der Waals surface area contributed by atoms with Crippen LogP contribution in [0.2, 0.25) is 0 Å². The number of carbonyl (C=O) groups excluding carboxylic acids is 1. The van der Waals surface area contributed by atoms with Gasteiger partial charge in [0.05, 0.1) is 12.1 Å². The minimum Gasteiger partial charge on any atom is -0.491 e. The average molecular weight is 601 g/mol. The van der Waals surface area contributed by atoms with Crippen molar-refractivity contribution in [3.8, 4) is 5.75 Å². The summed E-state index contributed by atoms with van der Waals surface area (Å²) in [6, 6.07) is 9.37. The Morgan fingerprint density at radius 3 is 2.56 bits per heavy atom. The fourth-order valence-electron chi connectivity index (χ4n) is 4.14. The third-order valence-corrected chi connectivity index (χ3v) is 8.19. The van der Waals surface area contributed by atoms with Gasteiger partial charge < -0.3 is 19.7 Å². The summed E-state index contributed by atoms with van der Waals surface area (Å²) in [5.41, 5.74) is 1.68. The first-order valence-electron chi connectivity index (χ1n) is 12.7. The van der Waals surface area contributed by atoms with Crippen molar-refractivity contribution in [1.29, 1.82) is 0 Å². The number of carboxylic acids is 1. The number of nitrogens with one attached hydrogen (secondary N) is 1. The van der Waals surface area contributed by atoms with Crippen molar-refractivity contribution in [3.63, 3.8) is 0 Å². The predicted octanol–water partition coefficient (Wildman–Crippen LogP) is 3.55. The van der Waals surface area contributed by atoms with Crippen LogP contribution in [0.5, 0.6) is 5.75 Å². The summed E-state index contributed by atoms with van der Waals surface area (Å²) in [6.45, 7) is 0.186. The topological polar surface area (TPSA) is 140 Å². The number of aryl methyl sites for hydroxylation is 2. The highest BCUT2D eigenvalue weighted by atomic mass is 32.2. The highest BCUT2D eigenvalue weighted by Crippen LogP contribution is 2.25. The Kier molecular flexibility index (Phi) is 9.84. The number of nitrogens with zero attached hydrogens (tertiary/aromatic N) is 3. The summed E-state index contributed by atoms with van der Waals surface area (Å²) >= 11 is 1.47. The Bertz CT molecular complexity index is 1530. The first-order valence-corrected chi connectivity index (χ1v) is 15.6. The Morgan fingerprint density at radius 2 is 1.93 bits per heavy atom. The average Bonchev–Trinajstić information content (AvgIpc) is 3.66. The van der Waals surface area contributed by atoms with Crippen molar-refractivity contribution in [2.75, 3.05) is 18.6 Å². The van der Waals surface area contributed by atoms with Gasteiger partial charge in [-0.25, -0.2) is 27.6 Å². The zero-order chi connectivity index (χ0) is 29.4. The lowest BCUT2D eigenvalue weighted by Gasteiger charge is -2.19. The molecule has 0 saturated carbocycles. The van der Waals surface area contributed by atoms with E-state index < -0.39 is 33.5 Å². The number of amides is 1. The Balaban J connectivity index is 1.57. The van der Waals surface area contributed by atoms with E-state index in [1.807, 2.05) is 9.95 Å². The van der Waals surface area contributed by atoms with Crippen LogP contribution in [0, 0.1) is 5.82 Å². The number of benzene rings is 2. The summed E-state index contributed by atoms with van der Waals surface area (Å²) in [7, 11) is -3.44. The van der Waals surface area contributed by atoms with Gasteiger partial charge in [0.15, 0.2) is 0 Å². The van der Waals surface area contributed by atoms with Crippen molar-refractivity contribution in [1.82, 2.24) is 19.9 Å². The van der Waals surface area contributed by atoms with Crippen LogP contribution in [-0.4, -0.2) is 64.6 Å². The molecular formula is C28H29FN4O6S2. The van der Waals surface area contributed by atoms with Gasteiger partial charge >= 0.3 is 5.97 Å². The van der Waals surface area contributed by atoms with Crippen LogP contribution < -0.4 is 10.1 Å². The van der Waals surface area contributed by atoms with Crippen LogP contribution in [0.1, 0.15) is 39.0 Å². The number of aromatic nitrogens is 3. The van der Waals surface area contributed by atoms with E-state index in [0.717, 1.165) is 16.8 Å². The van der Waals surface area contributed by atoms with Gasteiger partial charge in [0, 0.05) is 35.8 Å². The number of rotatable bonds is 14. The number of aliphatic carboxylic acids is 1. The highest BCUT2D eigenvalue weighted by molar-refractivity contribution is 7.90. The van der Waals surface area contributed by atoms with E-state index in [2.05, 4.69) is 15.3 Å². The van der Waals surface area contributed by atoms with Crippen LogP contribution in [0.15, 0.2) is 72.8 Å². The minimum absolute atomic E-state index is 0.186. The first-order chi connectivity index (χ1) is 19.6. The number of thiazole rings is 1. The minimum atomic E-state index is -3.44. The number of carbonyl (C=O) groups is 2. The second-order valence-electron chi connectivity index (χ2n) is 9.44. The zero-order valence-corrected chi connectivity index (χ0v) is 23.8. The van der Waals surface area contributed by atoms with Crippen molar-refractivity contribution < 1.29 is 32.2 Å². The van der Waals surface area contributed by atoms with Crippen LogP contribution in [-0.2, 0) is 27.5 Å². The second kappa shape index (κ2) is 13.5. The number of hydrogen-bond donors (Lipinski definition) is 2. The predicted molar refractivity (Wildman–Crippen MR) is 151 cm³/mol. The van der Waals surface area contributed by atoms with Crippen LogP contribution >= 0.6 is 11.3 Å². The fourth-order valence-corrected chi connectivity index (χ4v) is 5.54. The maximum atomic E-state index is 13.4. The molecule has 2 atom stereocenters. The van der Waals surface area contributed by atoms with E-state index in [4.69, 9.17) is 4.74 Å². The molecule has 2 aromatic carbocycles. The summed E-state index contributed by atoms with van der Waals surface area (Å²) < 4.78 is 44.5. The van der Waals surface area contributed by atoms with E-state index in [1.54, 1.807) is 49.2 Å². The normalized spacial score (nSPS) is 12.9. The summed E-state index contributed by atoms with van der Waals surface area (Å²) in [6.07, 6.45) is 8.46. The molecule has 2 N–H and O–H groups in total. The Hall–Kier alpha value is -4.10. The molecule has 1 unspecified atom stereocenters. The quantitative estimate of drug-likeness (QED) is 0.224. The standard InChI is InChI=1S/C28H29FN4O6S2/c1-41(37,38)15-10-24(28(35)36)32-26(34)23-16-22(9-6-20(23)5-2-19-3-7-21(29)8-4-19)39-17-25(27-31-12-14-40-27)33-13-11-30-18-33/h3-4,6-9,11-14,16,18,24-25H,2,5,10,15,17H2,1H3,(H,32,34)(H,35,36)/t24-,25?/m0/s1. The lowest BCUT2D eigenvalue weighted by molar-refractivity contribution is -0.139. The molecule has 0 saturated heterocycles. The van der Waals surface area contributed by atoms with Gasteiger partial charge in [0.2, 0.25) is 0 Å². The first kappa shape index (κ1) is 29.9. The molecule has 216 valence electrons. The summed E-state index contributed by atoms with van der Waals surface area (Å²) in [5, 5.41) is 14.7. The van der Waals surface area contributed by atoms with Crippen molar-refractivity contribution in [3.05, 3.63) is 100 Å². The van der Waals surface area contributed by atoms with E-state index in [0.29, 0.717) is 24.2 Å². The number of hydrogen-bond acceptors (Lipinski definition) is 8. The van der Waals surface area contributed by atoms with Gasteiger partial charge in [-0.05, 0) is 54.7 Å². The lowest BCUT2D eigenvalue weighted by atomic mass is 9.98. The number of halogens is 1. The molecule has 2 heterocycles. The second-order valence-corrected chi connectivity index (χ2v) is 12.6. The van der Waals surface area contributed by atoms with Crippen LogP contribution in [0.4, 0.5) is 4.39 Å². The molecule has 2 aromatic heterocycles. The van der Waals surface area contributed by atoms with Crippen LogP contribution in [0.25, 0.3) is 0 Å². The molecule has 0 aliphatic carbocycles. The highest BCUT2D eigenvalue weighted by Gasteiger charge is 2.24. The molecule has 4 aromatic rings. The number of imidazole rings is 1. The molecule has 0 spiro atoms. The molecule has 41 heavy (non-hydrogen) atoms. The largest absolute Gasteiger partial charge is 0.491 e. The molecule has 13 heteroatoms. The zero-order valence-electron chi connectivity index (χ0n) is 22.1. The van der Waals surface area contributed by atoms with Gasteiger partial charge in [-0.15, -0.1) is 11.3 Å². The Labute approximate surface area is 240 Å². The van der Waals surface area contributed by atoms with E-state index in [-0.39, 0.29) is 30.5 Å². The Morgan fingerprint density at radius 1 is 1.15 bits per heavy atom. The van der Waals surface area contributed by atoms with Gasteiger partial charge in [-0.2, -0.15) is 0 Å². The molecule has 0 aliphatic heterocycles. The summed E-state index contributed by atoms with van der Waals surface area (Å²) in [4.78, 5) is 33.7. The lowest BCUT2D eigenvalue weighted by Crippen LogP contribution is -2.42. The maximum absolute atomic E-state index is 13.4. The van der Waals surface area contributed by atoms with E-state index >= 15 is 0 Å².